The molecule has 0 bridgehead atoms. The fraction of sp³-hybridized carbons (Fsp3) is 0.158. The molecule has 0 saturated carbocycles. The van der Waals surface area contributed by atoms with Gasteiger partial charge < -0.3 is 22.1 Å². The Morgan fingerprint density at radius 2 is 1.34 bits per heavy atom. The monoisotopic (exact) mass is 390 g/mol. The summed E-state index contributed by atoms with van der Waals surface area (Å²) in [7, 11) is 0. The Morgan fingerprint density at radius 1 is 0.759 bits per heavy atom. The second kappa shape index (κ2) is 8.30. The van der Waals surface area contributed by atoms with Gasteiger partial charge in [0, 0.05) is 13.1 Å². The second-order valence-corrected chi connectivity index (χ2v) is 6.52. The normalized spacial score (nSPS) is 10.8. The zero-order valence-corrected chi connectivity index (χ0v) is 15.7. The molecule has 2 aromatic carbocycles. The molecule has 4 aromatic rings. The van der Waals surface area contributed by atoms with Crippen LogP contribution in [0, 0.1) is 0 Å². The second-order valence-electron chi connectivity index (χ2n) is 6.52. The van der Waals surface area contributed by atoms with Crippen molar-refractivity contribution in [2.75, 3.05) is 28.6 Å². The fourth-order valence-electron chi connectivity index (χ4n) is 2.97. The molecule has 148 valence electrons. The number of nitrogens with two attached hydrogens (primary N) is 2. The summed E-state index contributed by atoms with van der Waals surface area (Å²) in [5.41, 5.74) is 15.7. The molecule has 0 aliphatic carbocycles. The first kappa shape index (κ1) is 18.3. The number of hydrogen-bond acceptors (Lipinski definition) is 8. The molecule has 10 nitrogen and oxygen atoms in total. The maximum absolute atomic E-state index is 5.54. The minimum absolute atomic E-state index is 0.291. The number of benzene rings is 2. The molecular weight excluding hydrogens is 368 g/mol. The average Bonchev–Trinajstić information content (AvgIpc) is 3.35. The molecule has 0 radical (unpaired) electrons. The summed E-state index contributed by atoms with van der Waals surface area (Å²) in [6, 6.07) is 16.8. The van der Waals surface area contributed by atoms with Crippen LogP contribution in [0.15, 0.2) is 48.5 Å². The summed E-state index contributed by atoms with van der Waals surface area (Å²) < 4.78 is 0. The molecule has 0 atom stereocenters. The van der Waals surface area contributed by atoms with Crippen molar-refractivity contribution in [2.24, 2.45) is 0 Å². The van der Waals surface area contributed by atoms with Gasteiger partial charge >= 0.3 is 0 Å². The predicted octanol–water partition coefficient (Wildman–Crippen LogP) is 2.02. The highest BCUT2D eigenvalue weighted by Crippen LogP contribution is 2.22. The van der Waals surface area contributed by atoms with Crippen LogP contribution in [0.2, 0.25) is 0 Å². The maximum atomic E-state index is 5.54. The van der Waals surface area contributed by atoms with Crippen molar-refractivity contribution in [1.29, 1.82) is 0 Å². The van der Waals surface area contributed by atoms with E-state index in [9.17, 15) is 0 Å². The molecular formula is C19H22N10. The predicted molar refractivity (Wildman–Crippen MR) is 113 cm³/mol. The summed E-state index contributed by atoms with van der Waals surface area (Å²) in [6.45, 7) is 1.32. The summed E-state index contributed by atoms with van der Waals surface area (Å²) in [6.07, 6.45) is 0.843. The summed E-state index contributed by atoms with van der Waals surface area (Å²) in [5, 5.41) is 19.5. The van der Waals surface area contributed by atoms with E-state index in [1.165, 1.54) is 5.56 Å². The molecule has 29 heavy (non-hydrogen) atoms. The average molecular weight is 390 g/mol. The molecule has 0 amide bonds. The van der Waals surface area contributed by atoms with Gasteiger partial charge in [0.25, 0.3) is 0 Å². The molecule has 0 aliphatic rings. The van der Waals surface area contributed by atoms with Crippen LogP contribution in [0.25, 0.3) is 11.1 Å². The molecule has 2 heterocycles. The quantitative estimate of drug-likeness (QED) is 0.266. The van der Waals surface area contributed by atoms with Crippen LogP contribution in [-0.4, -0.2) is 36.9 Å². The van der Waals surface area contributed by atoms with Gasteiger partial charge in [-0.3, -0.25) is 0 Å². The topological polar surface area (TPSA) is 159 Å². The lowest BCUT2D eigenvalue weighted by Crippen LogP contribution is -2.06. The minimum atomic E-state index is 0.291. The van der Waals surface area contributed by atoms with E-state index in [0.717, 1.165) is 23.1 Å². The van der Waals surface area contributed by atoms with Gasteiger partial charge in [-0.05, 0) is 34.7 Å². The van der Waals surface area contributed by atoms with E-state index in [1.54, 1.807) is 0 Å². The smallest absolute Gasteiger partial charge is 0.243 e. The number of H-pyrrole nitrogens is 2. The van der Waals surface area contributed by atoms with Crippen LogP contribution >= 0.6 is 0 Å². The zero-order valence-electron chi connectivity index (χ0n) is 15.7. The van der Waals surface area contributed by atoms with E-state index in [0.29, 0.717) is 36.9 Å². The largest absolute Gasteiger partial charge is 0.368 e. The van der Waals surface area contributed by atoms with Gasteiger partial charge in [-0.1, -0.05) is 42.5 Å². The standard InChI is InChI=1S/C19H22N10/c20-16-24-18(28-26-16)22-8-7-12-3-1-5-14(9-12)15-6-2-4-13(10-15)11-23-19-25-17(21)27-29-19/h1-6,9-10H,7-8,11H2,(H4,20,22,24,26,28)(H4,21,23,25,27,29). The van der Waals surface area contributed by atoms with Crippen molar-refractivity contribution in [3.8, 4) is 11.1 Å². The third-order valence-electron chi connectivity index (χ3n) is 4.34. The van der Waals surface area contributed by atoms with Crippen molar-refractivity contribution >= 4 is 23.8 Å². The fourth-order valence-corrected chi connectivity index (χ4v) is 2.97. The van der Waals surface area contributed by atoms with Gasteiger partial charge in [-0.15, -0.1) is 10.2 Å². The van der Waals surface area contributed by atoms with Crippen LogP contribution < -0.4 is 22.1 Å². The van der Waals surface area contributed by atoms with E-state index < -0.39 is 0 Å². The molecule has 0 unspecified atom stereocenters. The van der Waals surface area contributed by atoms with Crippen molar-refractivity contribution in [2.45, 2.75) is 13.0 Å². The molecule has 0 aliphatic heterocycles. The molecule has 10 heteroatoms. The van der Waals surface area contributed by atoms with Crippen molar-refractivity contribution in [3.05, 3.63) is 59.7 Å². The number of rotatable bonds is 8. The number of anilines is 4. The Hall–Kier alpha value is -4.08. The van der Waals surface area contributed by atoms with Crippen LogP contribution in [0.3, 0.4) is 0 Å². The zero-order chi connectivity index (χ0) is 20.1. The van der Waals surface area contributed by atoms with Gasteiger partial charge in [-0.2, -0.15) is 9.97 Å². The van der Waals surface area contributed by atoms with Crippen molar-refractivity contribution in [1.82, 2.24) is 30.4 Å². The third kappa shape index (κ3) is 4.80. The molecule has 0 fully saturated rings. The van der Waals surface area contributed by atoms with Crippen LogP contribution in [0.1, 0.15) is 11.1 Å². The number of aromatic nitrogens is 6. The Bertz CT molecular complexity index is 1080. The molecule has 0 spiro atoms. The van der Waals surface area contributed by atoms with E-state index in [2.05, 4.69) is 83.5 Å². The SMILES string of the molecule is Nc1nc(NCCc2cccc(-c3cccc(CNc4n[nH]c(N)n4)c3)c2)n[nH]1. The van der Waals surface area contributed by atoms with Crippen LogP contribution in [-0.2, 0) is 13.0 Å². The molecule has 4 rings (SSSR count). The lowest BCUT2D eigenvalue weighted by atomic mass is 10.00. The highest BCUT2D eigenvalue weighted by molar-refractivity contribution is 5.65. The first-order valence-electron chi connectivity index (χ1n) is 9.17. The Labute approximate surface area is 167 Å². The first-order chi connectivity index (χ1) is 14.2. The highest BCUT2D eigenvalue weighted by Gasteiger charge is 2.04. The Kier molecular flexibility index (Phi) is 5.23. The number of nitrogen functional groups attached to an aromatic ring is 2. The van der Waals surface area contributed by atoms with Crippen molar-refractivity contribution < 1.29 is 0 Å². The van der Waals surface area contributed by atoms with E-state index in [4.69, 9.17) is 11.5 Å². The van der Waals surface area contributed by atoms with Crippen LogP contribution in [0.4, 0.5) is 23.8 Å². The van der Waals surface area contributed by atoms with Gasteiger partial charge in [0.1, 0.15) is 0 Å². The van der Waals surface area contributed by atoms with Crippen LogP contribution in [0.5, 0.6) is 0 Å². The van der Waals surface area contributed by atoms with E-state index in [1.807, 2.05) is 6.07 Å². The minimum Gasteiger partial charge on any atom is -0.368 e. The Balaban J connectivity index is 1.39. The van der Waals surface area contributed by atoms with E-state index >= 15 is 0 Å². The van der Waals surface area contributed by atoms with Gasteiger partial charge in [0.15, 0.2) is 0 Å². The molecule has 8 N–H and O–H groups in total. The summed E-state index contributed by atoms with van der Waals surface area (Å²) in [5.74, 6) is 1.58. The highest BCUT2D eigenvalue weighted by atomic mass is 15.3. The van der Waals surface area contributed by atoms with Crippen molar-refractivity contribution in [3.63, 3.8) is 0 Å². The first-order valence-corrected chi connectivity index (χ1v) is 9.17. The number of nitrogens with one attached hydrogen (secondary N) is 4. The number of aromatic amines is 2. The Morgan fingerprint density at radius 3 is 1.97 bits per heavy atom. The van der Waals surface area contributed by atoms with Gasteiger partial charge in [0.05, 0.1) is 0 Å². The van der Waals surface area contributed by atoms with Gasteiger partial charge in [0.2, 0.25) is 23.8 Å². The number of hydrogen-bond donors (Lipinski definition) is 6. The lowest BCUT2D eigenvalue weighted by molar-refractivity contribution is 0.985. The maximum Gasteiger partial charge on any atom is 0.243 e. The summed E-state index contributed by atoms with van der Waals surface area (Å²) >= 11 is 0. The number of nitrogens with zero attached hydrogens (tertiary/aromatic N) is 4. The van der Waals surface area contributed by atoms with Gasteiger partial charge in [-0.25, -0.2) is 10.2 Å². The summed E-state index contributed by atoms with van der Waals surface area (Å²) in [4.78, 5) is 8.08. The molecule has 0 saturated heterocycles. The molecule has 2 aromatic heterocycles. The van der Waals surface area contributed by atoms with E-state index in [-0.39, 0.29) is 0 Å². The third-order valence-corrected chi connectivity index (χ3v) is 4.34. The lowest BCUT2D eigenvalue weighted by Gasteiger charge is -2.08.